The molecule has 2 aromatic rings. The first-order valence-electron chi connectivity index (χ1n) is 9.73. The number of pyridine rings is 1. The van der Waals surface area contributed by atoms with Gasteiger partial charge in [-0.2, -0.15) is 0 Å². The zero-order valence-electron chi connectivity index (χ0n) is 15.9. The molecule has 2 nitrogen and oxygen atoms in total. The predicted molar refractivity (Wildman–Crippen MR) is 111 cm³/mol. The molecule has 0 bridgehead atoms. The minimum atomic E-state index is 0.107. The SMILES string of the molecule is CCCCP(CCCC)Cc1cccc(CNCc2ccccc2)n1. The molecule has 0 spiro atoms. The second-order valence-corrected chi connectivity index (χ2v) is 9.24. The summed E-state index contributed by atoms with van der Waals surface area (Å²) in [4.78, 5) is 4.91. The van der Waals surface area contributed by atoms with Crippen LogP contribution in [0.3, 0.4) is 0 Å². The number of nitrogens with one attached hydrogen (secondary N) is 1. The van der Waals surface area contributed by atoms with Gasteiger partial charge in [0.1, 0.15) is 0 Å². The van der Waals surface area contributed by atoms with Gasteiger partial charge in [0, 0.05) is 24.9 Å². The molecule has 1 aromatic carbocycles. The van der Waals surface area contributed by atoms with Gasteiger partial charge in [0.2, 0.25) is 0 Å². The second-order valence-electron chi connectivity index (χ2n) is 6.69. The van der Waals surface area contributed by atoms with Crippen molar-refractivity contribution >= 4 is 7.92 Å². The van der Waals surface area contributed by atoms with Crippen LogP contribution in [0.25, 0.3) is 0 Å². The Morgan fingerprint density at radius 2 is 1.48 bits per heavy atom. The van der Waals surface area contributed by atoms with Gasteiger partial charge >= 0.3 is 0 Å². The van der Waals surface area contributed by atoms with Gasteiger partial charge in [-0.25, -0.2) is 0 Å². The minimum Gasteiger partial charge on any atom is -0.307 e. The Balaban J connectivity index is 1.85. The number of rotatable bonds is 12. The molecule has 0 radical (unpaired) electrons. The molecular weight excluding hydrogens is 323 g/mol. The van der Waals surface area contributed by atoms with Gasteiger partial charge in [0.25, 0.3) is 0 Å². The third-order valence-electron chi connectivity index (χ3n) is 4.38. The lowest BCUT2D eigenvalue weighted by atomic mass is 10.2. The maximum absolute atomic E-state index is 4.91. The van der Waals surface area contributed by atoms with Crippen LogP contribution in [-0.4, -0.2) is 17.3 Å². The smallest absolute Gasteiger partial charge is 0.0545 e. The maximum Gasteiger partial charge on any atom is 0.0545 e. The Hall–Kier alpha value is -1.24. The molecule has 1 N–H and O–H groups in total. The normalized spacial score (nSPS) is 11.2. The van der Waals surface area contributed by atoms with Crippen molar-refractivity contribution in [2.45, 2.75) is 58.8 Å². The molecule has 136 valence electrons. The van der Waals surface area contributed by atoms with Crippen molar-refractivity contribution in [2.75, 3.05) is 12.3 Å². The van der Waals surface area contributed by atoms with Crippen molar-refractivity contribution in [3.63, 3.8) is 0 Å². The van der Waals surface area contributed by atoms with Crippen LogP contribution in [0.5, 0.6) is 0 Å². The number of nitrogens with zero attached hydrogens (tertiary/aromatic N) is 1. The third-order valence-corrected chi connectivity index (χ3v) is 7.05. The van der Waals surface area contributed by atoms with Crippen LogP contribution < -0.4 is 5.32 Å². The van der Waals surface area contributed by atoms with Crippen molar-refractivity contribution in [3.05, 3.63) is 65.5 Å². The summed E-state index contributed by atoms with van der Waals surface area (Å²) in [7, 11) is 0.107. The fourth-order valence-electron chi connectivity index (χ4n) is 2.91. The van der Waals surface area contributed by atoms with Crippen LogP contribution >= 0.6 is 7.92 Å². The minimum absolute atomic E-state index is 0.107. The first kappa shape index (κ1) is 20.1. The van der Waals surface area contributed by atoms with E-state index in [1.54, 1.807) is 0 Å². The van der Waals surface area contributed by atoms with Gasteiger partial charge in [-0.15, -0.1) is 7.92 Å². The molecule has 1 heterocycles. The highest BCUT2D eigenvalue weighted by atomic mass is 31.1. The van der Waals surface area contributed by atoms with Gasteiger partial charge < -0.3 is 5.32 Å². The van der Waals surface area contributed by atoms with Crippen LogP contribution in [-0.2, 0) is 19.3 Å². The van der Waals surface area contributed by atoms with Gasteiger partial charge in [-0.3, -0.25) is 4.98 Å². The first-order valence-corrected chi connectivity index (χ1v) is 11.6. The molecule has 0 amide bonds. The van der Waals surface area contributed by atoms with Gasteiger partial charge in [-0.1, -0.05) is 63.1 Å². The van der Waals surface area contributed by atoms with E-state index in [1.165, 1.54) is 55.4 Å². The Kier molecular flexibility index (Phi) is 9.77. The van der Waals surface area contributed by atoms with E-state index in [4.69, 9.17) is 4.98 Å². The Bertz CT molecular complexity index is 578. The van der Waals surface area contributed by atoms with E-state index in [2.05, 4.69) is 67.7 Å². The van der Waals surface area contributed by atoms with Crippen molar-refractivity contribution in [3.8, 4) is 0 Å². The largest absolute Gasteiger partial charge is 0.307 e. The average Bonchev–Trinajstić information content (AvgIpc) is 2.65. The zero-order chi connectivity index (χ0) is 17.7. The van der Waals surface area contributed by atoms with Crippen LogP contribution in [0.2, 0.25) is 0 Å². The van der Waals surface area contributed by atoms with E-state index in [0.29, 0.717) is 0 Å². The zero-order valence-corrected chi connectivity index (χ0v) is 16.8. The molecule has 3 heteroatoms. The molecule has 1 aromatic heterocycles. The van der Waals surface area contributed by atoms with E-state index in [0.717, 1.165) is 18.8 Å². The topological polar surface area (TPSA) is 24.9 Å². The summed E-state index contributed by atoms with van der Waals surface area (Å²) < 4.78 is 0. The van der Waals surface area contributed by atoms with Gasteiger partial charge in [0.05, 0.1) is 5.69 Å². The lowest BCUT2D eigenvalue weighted by Gasteiger charge is -2.17. The van der Waals surface area contributed by atoms with Gasteiger partial charge in [-0.05, 0) is 42.9 Å². The molecule has 2 rings (SSSR count). The molecule has 0 aliphatic heterocycles. The molecule has 0 aliphatic rings. The van der Waals surface area contributed by atoms with Crippen molar-refractivity contribution in [1.29, 1.82) is 0 Å². The molecule has 0 unspecified atom stereocenters. The summed E-state index contributed by atoms with van der Waals surface area (Å²) in [6, 6.07) is 17.1. The van der Waals surface area contributed by atoms with Crippen molar-refractivity contribution < 1.29 is 0 Å². The van der Waals surface area contributed by atoms with E-state index in [1.807, 2.05) is 0 Å². The molecular formula is C22H33N2P. The van der Waals surface area contributed by atoms with E-state index in [-0.39, 0.29) is 7.92 Å². The standard InChI is InChI=1S/C22H33N2P/c1-3-5-15-25(16-6-4-2)19-22-14-10-13-21(24-22)18-23-17-20-11-8-7-9-12-20/h7-14,23H,3-6,15-19H2,1-2H3. The fraction of sp³-hybridized carbons (Fsp3) is 0.500. The van der Waals surface area contributed by atoms with E-state index < -0.39 is 0 Å². The summed E-state index contributed by atoms with van der Waals surface area (Å²) in [5.41, 5.74) is 3.77. The number of unbranched alkanes of at least 4 members (excludes halogenated alkanes) is 2. The van der Waals surface area contributed by atoms with Gasteiger partial charge in [0.15, 0.2) is 0 Å². The molecule has 0 aliphatic carbocycles. The maximum atomic E-state index is 4.91. The Morgan fingerprint density at radius 3 is 2.16 bits per heavy atom. The Morgan fingerprint density at radius 1 is 0.800 bits per heavy atom. The molecule has 0 saturated heterocycles. The monoisotopic (exact) mass is 356 g/mol. The quantitative estimate of drug-likeness (QED) is 0.475. The average molecular weight is 356 g/mol. The molecule has 0 fully saturated rings. The second kappa shape index (κ2) is 12.2. The Labute approximate surface area is 155 Å². The summed E-state index contributed by atoms with van der Waals surface area (Å²) in [5.74, 6) is 0. The van der Waals surface area contributed by atoms with E-state index >= 15 is 0 Å². The number of aromatic nitrogens is 1. The third kappa shape index (κ3) is 8.12. The fourth-order valence-corrected chi connectivity index (χ4v) is 5.61. The summed E-state index contributed by atoms with van der Waals surface area (Å²) in [6.07, 6.45) is 9.36. The van der Waals surface area contributed by atoms with Crippen LogP contribution in [0, 0.1) is 0 Å². The molecule has 25 heavy (non-hydrogen) atoms. The van der Waals surface area contributed by atoms with Crippen molar-refractivity contribution in [2.24, 2.45) is 0 Å². The summed E-state index contributed by atoms with van der Waals surface area (Å²) >= 11 is 0. The number of hydrogen-bond donors (Lipinski definition) is 1. The summed E-state index contributed by atoms with van der Waals surface area (Å²) in [6.45, 7) is 6.33. The molecule has 0 atom stereocenters. The van der Waals surface area contributed by atoms with Crippen molar-refractivity contribution in [1.82, 2.24) is 10.3 Å². The summed E-state index contributed by atoms with van der Waals surface area (Å²) in [5, 5.41) is 3.51. The lowest BCUT2D eigenvalue weighted by Crippen LogP contribution is -2.14. The highest BCUT2D eigenvalue weighted by Crippen LogP contribution is 2.41. The lowest BCUT2D eigenvalue weighted by molar-refractivity contribution is 0.678. The highest BCUT2D eigenvalue weighted by molar-refractivity contribution is 7.56. The predicted octanol–water partition coefficient (Wildman–Crippen LogP) is 5.95. The van der Waals surface area contributed by atoms with E-state index in [9.17, 15) is 0 Å². The highest BCUT2D eigenvalue weighted by Gasteiger charge is 2.09. The van der Waals surface area contributed by atoms with Crippen LogP contribution in [0.4, 0.5) is 0 Å². The first-order chi connectivity index (χ1) is 12.3. The number of hydrogen-bond acceptors (Lipinski definition) is 2. The number of benzene rings is 1. The molecule has 0 saturated carbocycles. The van der Waals surface area contributed by atoms with Crippen LogP contribution in [0.1, 0.15) is 56.5 Å². The van der Waals surface area contributed by atoms with Crippen LogP contribution in [0.15, 0.2) is 48.5 Å².